The van der Waals surface area contributed by atoms with Crippen molar-refractivity contribution >= 4 is 5.78 Å². The van der Waals surface area contributed by atoms with Crippen LogP contribution < -0.4 is 0 Å². The highest BCUT2D eigenvalue weighted by Crippen LogP contribution is 2.73. The monoisotopic (exact) mass is 414 g/mol. The topological polar surface area (TPSA) is 29.6 Å². The average molecular weight is 415 g/mol. The van der Waals surface area contributed by atoms with Crippen molar-refractivity contribution in [3.63, 3.8) is 0 Å². The van der Waals surface area contributed by atoms with Gasteiger partial charge < -0.3 is 4.74 Å². The van der Waals surface area contributed by atoms with Crippen LogP contribution in [0.2, 0.25) is 0 Å². The molecule has 2 nitrogen and oxygen atoms in total. The van der Waals surface area contributed by atoms with Crippen molar-refractivity contribution in [3.8, 4) is 0 Å². The molecule has 1 spiro atoms. The minimum Gasteiger partial charge on any atom is -0.357 e. The fourth-order valence-corrected chi connectivity index (χ4v) is 9.53. The largest absolute Gasteiger partial charge is 0.357 e. The molecular formula is C28H46O2. The second-order valence-corrected chi connectivity index (χ2v) is 13.2. The summed E-state index contributed by atoms with van der Waals surface area (Å²) in [5, 5.41) is 0. The SMILES string of the molecule is CC(C)[C@@H](C)CC[C@@H](C)[C@H]1CC[C@H]2[C@@H]3CC[C@]45O[C@H]4C(=O)CC[C@]5(C)[C@H]3CC[C@]12C. The molecule has 5 rings (SSSR count). The van der Waals surface area contributed by atoms with E-state index in [9.17, 15) is 4.79 Å². The average Bonchev–Trinajstić information content (AvgIpc) is 3.35. The summed E-state index contributed by atoms with van der Waals surface area (Å²) in [6.45, 7) is 15.0. The van der Waals surface area contributed by atoms with Crippen LogP contribution >= 0.6 is 0 Å². The third-order valence-electron chi connectivity index (χ3n) is 11.9. The number of fused-ring (bicyclic) bond motifs is 4. The zero-order valence-electron chi connectivity index (χ0n) is 20.5. The summed E-state index contributed by atoms with van der Waals surface area (Å²) in [7, 11) is 0. The number of rotatable bonds is 5. The second-order valence-electron chi connectivity index (χ2n) is 13.2. The van der Waals surface area contributed by atoms with Crippen LogP contribution in [-0.2, 0) is 9.53 Å². The highest BCUT2D eigenvalue weighted by Gasteiger charge is 2.76. The maximum atomic E-state index is 12.4. The standard InChI is InChI=1S/C28H46O2/c1-17(2)18(3)7-8-19(4)21-9-10-22-20-11-16-28-25(30-28)24(29)13-15-27(28,6)23(20)12-14-26(21,22)5/h17-23,25H,7-16H2,1-6H3/t18-,19+,20-,21+,22-,23-,25-,26+,27+,28-/m0/s1. The summed E-state index contributed by atoms with van der Waals surface area (Å²) in [6, 6.07) is 0. The molecule has 170 valence electrons. The van der Waals surface area contributed by atoms with Crippen LogP contribution in [0.3, 0.4) is 0 Å². The van der Waals surface area contributed by atoms with E-state index >= 15 is 0 Å². The summed E-state index contributed by atoms with van der Waals surface area (Å²) < 4.78 is 6.25. The van der Waals surface area contributed by atoms with E-state index in [4.69, 9.17) is 4.74 Å². The van der Waals surface area contributed by atoms with Crippen LogP contribution in [0.5, 0.6) is 0 Å². The molecular weight excluding hydrogens is 368 g/mol. The lowest BCUT2D eigenvalue weighted by molar-refractivity contribution is -0.132. The van der Waals surface area contributed by atoms with Gasteiger partial charge in [0.25, 0.3) is 0 Å². The molecule has 0 N–H and O–H groups in total. The van der Waals surface area contributed by atoms with Crippen molar-refractivity contribution in [2.75, 3.05) is 0 Å². The summed E-state index contributed by atoms with van der Waals surface area (Å²) in [5.74, 6) is 6.43. The fraction of sp³-hybridized carbons (Fsp3) is 0.964. The first-order valence-electron chi connectivity index (χ1n) is 13.3. The Balaban J connectivity index is 1.32. The van der Waals surface area contributed by atoms with E-state index in [2.05, 4.69) is 41.5 Å². The first-order chi connectivity index (χ1) is 14.1. The molecule has 30 heavy (non-hydrogen) atoms. The molecule has 0 aromatic heterocycles. The van der Waals surface area contributed by atoms with Crippen molar-refractivity contribution in [3.05, 3.63) is 0 Å². The Hall–Kier alpha value is -0.370. The number of hydrogen-bond donors (Lipinski definition) is 0. The molecule has 1 aliphatic heterocycles. The zero-order chi connectivity index (χ0) is 21.5. The van der Waals surface area contributed by atoms with Gasteiger partial charge in [0.15, 0.2) is 5.78 Å². The Morgan fingerprint density at radius 3 is 2.43 bits per heavy atom. The van der Waals surface area contributed by atoms with Gasteiger partial charge in [0.05, 0.1) is 0 Å². The van der Waals surface area contributed by atoms with E-state index in [1.807, 2.05) is 0 Å². The number of hydrogen-bond acceptors (Lipinski definition) is 2. The van der Waals surface area contributed by atoms with Gasteiger partial charge >= 0.3 is 0 Å². The predicted octanol–water partition coefficient (Wildman–Crippen LogP) is 7.05. The summed E-state index contributed by atoms with van der Waals surface area (Å²) >= 11 is 0. The Labute approximate surface area is 185 Å². The maximum Gasteiger partial charge on any atom is 0.164 e. The third kappa shape index (κ3) is 2.80. The number of carbonyl (C=O) groups excluding carboxylic acids is 1. The predicted molar refractivity (Wildman–Crippen MR) is 122 cm³/mol. The van der Waals surface area contributed by atoms with Crippen LogP contribution in [0.15, 0.2) is 0 Å². The van der Waals surface area contributed by atoms with Crippen LogP contribution in [0.1, 0.15) is 106 Å². The quantitative estimate of drug-likeness (QED) is 0.451. The molecule has 0 bridgehead atoms. The highest BCUT2D eigenvalue weighted by molar-refractivity contribution is 5.88. The normalized spacial score (nSPS) is 51.6. The Bertz CT molecular complexity index is 699. The molecule has 2 heteroatoms. The number of carbonyl (C=O) groups is 1. The van der Waals surface area contributed by atoms with E-state index in [1.54, 1.807) is 0 Å². The van der Waals surface area contributed by atoms with E-state index in [0.29, 0.717) is 11.2 Å². The van der Waals surface area contributed by atoms with E-state index in [-0.39, 0.29) is 17.1 Å². The number of epoxide rings is 1. The van der Waals surface area contributed by atoms with Gasteiger partial charge in [-0.25, -0.2) is 0 Å². The zero-order valence-corrected chi connectivity index (χ0v) is 20.5. The molecule has 0 amide bonds. The van der Waals surface area contributed by atoms with Gasteiger partial charge in [-0.2, -0.15) is 0 Å². The third-order valence-corrected chi connectivity index (χ3v) is 11.9. The molecule has 0 aromatic rings. The van der Waals surface area contributed by atoms with Crippen LogP contribution in [0.4, 0.5) is 0 Å². The molecule has 1 heterocycles. The first kappa shape index (κ1) is 21.5. The molecule has 0 unspecified atom stereocenters. The second kappa shape index (κ2) is 7.06. The van der Waals surface area contributed by atoms with Gasteiger partial charge in [-0.1, -0.05) is 54.4 Å². The van der Waals surface area contributed by atoms with E-state index in [0.717, 1.165) is 60.7 Å². The van der Waals surface area contributed by atoms with Crippen LogP contribution in [-0.4, -0.2) is 17.5 Å². The number of Topliss-reactive ketones (excluding diaryl/α,β-unsaturated/α-hetero) is 1. The summed E-state index contributed by atoms with van der Waals surface area (Å²) in [6.07, 6.45) is 12.8. The highest BCUT2D eigenvalue weighted by atomic mass is 16.6. The smallest absolute Gasteiger partial charge is 0.164 e. The minimum absolute atomic E-state index is 0.0372. The van der Waals surface area contributed by atoms with Gasteiger partial charge in [0, 0.05) is 11.8 Å². The summed E-state index contributed by atoms with van der Waals surface area (Å²) in [4.78, 5) is 12.4. The van der Waals surface area contributed by atoms with Crippen LogP contribution in [0, 0.1) is 52.3 Å². The van der Waals surface area contributed by atoms with Crippen molar-refractivity contribution in [1.82, 2.24) is 0 Å². The number of ketones is 1. The van der Waals surface area contributed by atoms with Crippen molar-refractivity contribution < 1.29 is 9.53 Å². The molecule has 4 aliphatic carbocycles. The number of ether oxygens (including phenoxy) is 1. The van der Waals surface area contributed by atoms with Gasteiger partial charge in [0.1, 0.15) is 11.7 Å². The lowest BCUT2D eigenvalue weighted by atomic mass is 9.44. The molecule has 10 atom stereocenters. The Morgan fingerprint density at radius 1 is 0.933 bits per heavy atom. The molecule has 5 fully saturated rings. The molecule has 0 aromatic carbocycles. The lowest BCUT2D eigenvalue weighted by Gasteiger charge is -2.59. The maximum absolute atomic E-state index is 12.4. The molecule has 4 saturated carbocycles. The van der Waals surface area contributed by atoms with Gasteiger partial charge in [-0.05, 0) is 91.8 Å². The molecule has 0 radical (unpaired) electrons. The minimum atomic E-state index is -0.0600. The van der Waals surface area contributed by atoms with Crippen molar-refractivity contribution in [2.24, 2.45) is 52.3 Å². The summed E-state index contributed by atoms with van der Waals surface area (Å²) in [5.41, 5.74) is 0.749. The first-order valence-corrected chi connectivity index (χ1v) is 13.3. The van der Waals surface area contributed by atoms with Gasteiger partial charge in [0.2, 0.25) is 0 Å². The molecule has 1 saturated heterocycles. The molecule has 5 aliphatic rings. The van der Waals surface area contributed by atoms with Crippen LogP contribution in [0.25, 0.3) is 0 Å². The lowest BCUT2D eigenvalue weighted by Crippen LogP contribution is -2.58. The van der Waals surface area contributed by atoms with Crippen molar-refractivity contribution in [2.45, 2.75) is 117 Å². The van der Waals surface area contributed by atoms with E-state index < -0.39 is 0 Å². The van der Waals surface area contributed by atoms with Crippen molar-refractivity contribution in [1.29, 1.82) is 0 Å². The van der Waals surface area contributed by atoms with Gasteiger partial charge in [-0.3, -0.25) is 4.79 Å². The Kier molecular flexibility index (Phi) is 5.06. The van der Waals surface area contributed by atoms with Gasteiger partial charge in [-0.15, -0.1) is 0 Å². The fourth-order valence-electron chi connectivity index (χ4n) is 9.53. The van der Waals surface area contributed by atoms with E-state index in [1.165, 1.54) is 44.9 Å². The Morgan fingerprint density at radius 2 is 1.70 bits per heavy atom.